The topological polar surface area (TPSA) is 120 Å². The highest BCUT2D eigenvalue weighted by Crippen LogP contribution is 2.35. The van der Waals surface area contributed by atoms with Crippen LogP contribution in [0.4, 0.5) is 15.8 Å². The SMILES string of the molecule is O=C(NCCOc1ccc2c(c1)OCO2)C1CC(=O)N(c2ccc(F)c([N+](=O)[O-])c2)C1. The zero-order valence-corrected chi connectivity index (χ0v) is 16.2. The summed E-state index contributed by atoms with van der Waals surface area (Å²) < 4.78 is 29.6. The molecule has 1 fully saturated rings. The molecular formula is C20H18FN3O7. The largest absolute Gasteiger partial charge is 0.492 e. The minimum atomic E-state index is -0.989. The predicted octanol–water partition coefficient (Wildman–Crippen LogP) is 2.01. The van der Waals surface area contributed by atoms with Crippen LogP contribution >= 0.6 is 0 Å². The van der Waals surface area contributed by atoms with E-state index in [-0.39, 0.29) is 50.4 Å². The minimum absolute atomic E-state index is 0.0416. The maximum atomic E-state index is 13.5. The van der Waals surface area contributed by atoms with Crippen LogP contribution in [0.5, 0.6) is 17.2 Å². The highest BCUT2D eigenvalue weighted by atomic mass is 19.1. The van der Waals surface area contributed by atoms with Crippen molar-refractivity contribution in [3.63, 3.8) is 0 Å². The Hall–Kier alpha value is -3.89. The molecule has 0 aliphatic carbocycles. The standard InChI is InChI=1S/C20H18FN3O7/c21-15-3-1-13(8-16(15)24(27)28)23-10-12(7-19(23)25)20(26)22-5-6-29-14-2-4-17-18(9-14)31-11-30-17/h1-4,8-9,12H,5-7,10-11H2,(H,22,26). The summed E-state index contributed by atoms with van der Waals surface area (Å²) in [5.41, 5.74) is -0.543. The van der Waals surface area contributed by atoms with Gasteiger partial charge in [0.15, 0.2) is 11.5 Å². The van der Waals surface area contributed by atoms with Gasteiger partial charge in [-0.3, -0.25) is 19.7 Å². The number of benzene rings is 2. The van der Waals surface area contributed by atoms with Gasteiger partial charge in [-0.1, -0.05) is 0 Å². The highest BCUT2D eigenvalue weighted by Gasteiger charge is 2.35. The zero-order chi connectivity index (χ0) is 22.0. The van der Waals surface area contributed by atoms with Crippen LogP contribution < -0.4 is 24.4 Å². The number of nitrogens with one attached hydrogen (secondary N) is 1. The van der Waals surface area contributed by atoms with E-state index in [0.717, 1.165) is 12.1 Å². The summed E-state index contributed by atoms with van der Waals surface area (Å²) in [6.45, 7) is 0.646. The van der Waals surface area contributed by atoms with Crippen molar-refractivity contribution in [1.82, 2.24) is 5.32 Å². The van der Waals surface area contributed by atoms with Crippen molar-refractivity contribution in [2.24, 2.45) is 5.92 Å². The van der Waals surface area contributed by atoms with Crippen LogP contribution in [0.2, 0.25) is 0 Å². The quantitative estimate of drug-likeness (QED) is 0.404. The van der Waals surface area contributed by atoms with Gasteiger partial charge < -0.3 is 24.4 Å². The van der Waals surface area contributed by atoms with Gasteiger partial charge in [0.2, 0.25) is 24.4 Å². The molecule has 1 saturated heterocycles. The number of carbonyl (C=O) groups excluding carboxylic acids is 2. The zero-order valence-electron chi connectivity index (χ0n) is 16.2. The lowest BCUT2D eigenvalue weighted by molar-refractivity contribution is -0.387. The summed E-state index contributed by atoms with van der Waals surface area (Å²) in [7, 11) is 0. The fraction of sp³-hybridized carbons (Fsp3) is 0.300. The first-order chi connectivity index (χ1) is 14.9. The first kappa shape index (κ1) is 20.4. The summed E-state index contributed by atoms with van der Waals surface area (Å²) in [5, 5.41) is 13.6. The molecule has 10 nitrogen and oxygen atoms in total. The molecular weight excluding hydrogens is 413 g/mol. The minimum Gasteiger partial charge on any atom is -0.492 e. The molecule has 2 heterocycles. The number of hydrogen-bond acceptors (Lipinski definition) is 7. The van der Waals surface area contributed by atoms with Crippen LogP contribution in [0.3, 0.4) is 0 Å². The fourth-order valence-corrected chi connectivity index (χ4v) is 3.40. The van der Waals surface area contributed by atoms with Crippen molar-refractivity contribution >= 4 is 23.2 Å². The van der Waals surface area contributed by atoms with Gasteiger partial charge in [-0.05, 0) is 24.3 Å². The van der Waals surface area contributed by atoms with E-state index in [1.165, 1.54) is 11.0 Å². The first-order valence-electron chi connectivity index (χ1n) is 9.47. The Labute approximate surface area is 175 Å². The second-order valence-electron chi connectivity index (χ2n) is 6.95. The average Bonchev–Trinajstić information content (AvgIpc) is 3.37. The van der Waals surface area contributed by atoms with E-state index < -0.39 is 22.3 Å². The van der Waals surface area contributed by atoms with Crippen molar-refractivity contribution in [1.29, 1.82) is 0 Å². The lowest BCUT2D eigenvalue weighted by Crippen LogP contribution is -2.35. The van der Waals surface area contributed by atoms with Crippen molar-refractivity contribution in [3.8, 4) is 17.2 Å². The Balaban J connectivity index is 1.28. The van der Waals surface area contributed by atoms with Gasteiger partial charge in [0.05, 0.1) is 23.1 Å². The Morgan fingerprint density at radius 1 is 1.26 bits per heavy atom. The molecule has 0 aromatic heterocycles. The van der Waals surface area contributed by atoms with Gasteiger partial charge in [-0.2, -0.15) is 4.39 Å². The van der Waals surface area contributed by atoms with Crippen molar-refractivity contribution in [3.05, 3.63) is 52.3 Å². The highest BCUT2D eigenvalue weighted by molar-refractivity contribution is 6.00. The molecule has 2 amide bonds. The molecule has 31 heavy (non-hydrogen) atoms. The maximum absolute atomic E-state index is 13.5. The third-order valence-corrected chi connectivity index (χ3v) is 4.95. The van der Waals surface area contributed by atoms with Crippen molar-refractivity contribution < 1.29 is 33.1 Å². The summed E-state index contributed by atoms with van der Waals surface area (Å²) in [5.74, 6) is -0.507. The lowest BCUT2D eigenvalue weighted by atomic mass is 10.1. The molecule has 11 heteroatoms. The number of anilines is 1. The number of halogens is 1. The number of amides is 2. The normalized spacial score (nSPS) is 17.0. The second kappa shape index (κ2) is 8.46. The molecule has 1 atom stereocenters. The van der Waals surface area contributed by atoms with Gasteiger partial charge in [0.25, 0.3) is 0 Å². The second-order valence-corrected chi connectivity index (χ2v) is 6.95. The maximum Gasteiger partial charge on any atom is 0.306 e. The summed E-state index contributed by atoms with van der Waals surface area (Å²) in [4.78, 5) is 36.0. The van der Waals surface area contributed by atoms with E-state index in [9.17, 15) is 24.1 Å². The van der Waals surface area contributed by atoms with Crippen molar-refractivity contribution in [2.75, 3.05) is 31.4 Å². The number of nitro groups is 1. The van der Waals surface area contributed by atoms with Crippen LogP contribution in [0.25, 0.3) is 0 Å². The van der Waals surface area contributed by atoms with Crippen LogP contribution in [-0.2, 0) is 9.59 Å². The Morgan fingerprint density at radius 3 is 2.87 bits per heavy atom. The monoisotopic (exact) mass is 431 g/mol. The van der Waals surface area contributed by atoms with Gasteiger partial charge in [0.1, 0.15) is 12.4 Å². The van der Waals surface area contributed by atoms with Crippen LogP contribution in [0.15, 0.2) is 36.4 Å². The molecule has 1 unspecified atom stereocenters. The number of ether oxygens (including phenoxy) is 3. The van der Waals surface area contributed by atoms with E-state index in [0.29, 0.717) is 17.2 Å². The molecule has 2 aromatic rings. The predicted molar refractivity (Wildman–Crippen MR) is 105 cm³/mol. The Bertz CT molecular complexity index is 1050. The molecule has 2 aliphatic rings. The van der Waals surface area contributed by atoms with Crippen LogP contribution in [-0.4, -0.2) is 43.2 Å². The van der Waals surface area contributed by atoms with E-state index >= 15 is 0 Å². The number of carbonyl (C=O) groups is 2. The third-order valence-electron chi connectivity index (χ3n) is 4.95. The van der Waals surface area contributed by atoms with E-state index in [4.69, 9.17) is 14.2 Å². The van der Waals surface area contributed by atoms with Gasteiger partial charge >= 0.3 is 5.69 Å². The number of nitrogens with zero attached hydrogens (tertiary/aromatic N) is 2. The summed E-state index contributed by atoms with van der Waals surface area (Å²) in [6, 6.07) is 8.35. The first-order valence-corrected chi connectivity index (χ1v) is 9.47. The third kappa shape index (κ3) is 4.34. The van der Waals surface area contributed by atoms with Gasteiger partial charge in [-0.25, -0.2) is 0 Å². The molecule has 0 radical (unpaired) electrons. The molecule has 1 N–H and O–H groups in total. The Kier molecular flexibility index (Phi) is 5.56. The lowest BCUT2D eigenvalue weighted by Gasteiger charge is -2.16. The summed E-state index contributed by atoms with van der Waals surface area (Å²) >= 11 is 0. The fourth-order valence-electron chi connectivity index (χ4n) is 3.40. The van der Waals surface area contributed by atoms with E-state index in [1.54, 1.807) is 18.2 Å². The number of rotatable bonds is 7. The molecule has 162 valence electrons. The molecule has 4 rings (SSSR count). The molecule has 0 spiro atoms. The van der Waals surface area contributed by atoms with Crippen molar-refractivity contribution in [2.45, 2.75) is 6.42 Å². The van der Waals surface area contributed by atoms with Crippen LogP contribution in [0, 0.1) is 21.8 Å². The van der Waals surface area contributed by atoms with E-state index in [1.807, 2.05) is 0 Å². The van der Waals surface area contributed by atoms with Crippen LogP contribution in [0.1, 0.15) is 6.42 Å². The molecule has 2 aliphatic heterocycles. The number of hydrogen-bond donors (Lipinski definition) is 1. The summed E-state index contributed by atoms with van der Waals surface area (Å²) in [6.07, 6.45) is -0.0416. The van der Waals surface area contributed by atoms with Gasteiger partial charge in [-0.15, -0.1) is 0 Å². The number of nitro benzene ring substituents is 1. The number of fused-ring (bicyclic) bond motifs is 1. The molecule has 0 saturated carbocycles. The smallest absolute Gasteiger partial charge is 0.306 e. The molecule has 0 bridgehead atoms. The Morgan fingerprint density at radius 2 is 2.06 bits per heavy atom. The van der Waals surface area contributed by atoms with Gasteiger partial charge in [0, 0.05) is 25.1 Å². The average molecular weight is 431 g/mol. The molecule has 2 aromatic carbocycles. The van der Waals surface area contributed by atoms with E-state index in [2.05, 4.69) is 5.32 Å².